The van der Waals surface area contributed by atoms with E-state index in [0.29, 0.717) is 0 Å². The van der Waals surface area contributed by atoms with Crippen LogP contribution in [0.1, 0.15) is 34.0 Å². The lowest BCUT2D eigenvalue weighted by molar-refractivity contribution is 0.202. The van der Waals surface area contributed by atoms with Crippen LogP contribution in [-0.2, 0) is 19.4 Å². The molecule has 4 aromatic rings. The molecular formula is C26H24N2O. The van der Waals surface area contributed by atoms with Gasteiger partial charge in [0.05, 0.1) is 12.6 Å². The van der Waals surface area contributed by atoms with Gasteiger partial charge in [-0.2, -0.15) is 0 Å². The fourth-order valence-corrected chi connectivity index (χ4v) is 5.03. The van der Waals surface area contributed by atoms with Crippen LogP contribution < -0.4 is 4.74 Å². The minimum absolute atomic E-state index is 0.234. The van der Waals surface area contributed by atoms with Crippen molar-refractivity contribution >= 4 is 10.9 Å². The molecule has 3 nitrogen and oxygen atoms in total. The lowest BCUT2D eigenvalue weighted by atomic mass is 9.91. The van der Waals surface area contributed by atoms with Crippen LogP contribution in [0.5, 0.6) is 5.75 Å². The van der Waals surface area contributed by atoms with E-state index >= 15 is 0 Å². The van der Waals surface area contributed by atoms with E-state index in [9.17, 15) is 0 Å². The zero-order valence-corrected chi connectivity index (χ0v) is 16.4. The van der Waals surface area contributed by atoms with E-state index in [-0.39, 0.29) is 6.04 Å². The van der Waals surface area contributed by atoms with Crippen LogP contribution in [0.25, 0.3) is 10.9 Å². The van der Waals surface area contributed by atoms with Crippen LogP contribution in [0, 0.1) is 0 Å². The summed E-state index contributed by atoms with van der Waals surface area (Å²) < 4.78 is 5.76. The molecule has 0 bridgehead atoms. The third-order valence-corrected chi connectivity index (χ3v) is 6.39. The third-order valence-electron chi connectivity index (χ3n) is 6.39. The van der Waals surface area contributed by atoms with E-state index in [1.165, 1.54) is 38.9 Å². The molecule has 0 fully saturated rings. The Balaban J connectivity index is 1.48. The van der Waals surface area contributed by atoms with Crippen LogP contribution in [0.4, 0.5) is 0 Å². The molecule has 1 N–H and O–H groups in total. The Hall–Kier alpha value is -3.04. The number of rotatable bonds is 3. The van der Waals surface area contributed by atoms with Gasteiger partial charge in [-0.3, -0.25) is 4.90 Å². The van der Waals surface area contributed by atoms with E-state index in [1.807, 2.05) is 0 Å². The minimum Gasteiger partial charge on any atom is -0.493 e. The first kappa shape index (κ1) is 16.9. The lowest BCUT2D eigenvalue weighted by Gasteiger charge is -2.36. The first-order valence-electron chi connectivity index (χ1n) is 10.5. The number of aromatic amines is 1. The topological polar surface area (TPSA) is 28.3 Å². The summed E-state index contributed by atoms with van der Waals surface area (Å²) in [6.07, 6.45) is 2.09. The molecule has 1 aromatic heterocycles. The SMILES string of the molecule is c1ccc(CN2CCc3c([nH]c4ccccc34)[C@H]2c2ccc3c(c2)CCO3)cc1. The summed E-state index contributed by atoms with van der Waals surface area (Å²) >= 11 is 0. The maximum Gasteiger partial charge on any atom is 0.122 e. The highest BCUT2D eigenvalue weighted by atomic mass is 16.5. The third kappa shape index (κ3) is 2.85. The molecule has 6 rings (SSSR count). The van der Waals surface area contributed by atoms with Gasteiger partial charge in [0.1, 0.15) is 5.75 Å². The number of fused-ring (bicyclic) bond motifs is 4. The second-order valence-corrected chi connectivity index (χ2v) is 8.14. The standard InChI is InChI=1S/C26H24N2O/c1-2-6-18(7-3-1)17-28-14-12-22-21-8-4-5-9-23(21)27-25(22)26(28)20-10-11-24-19(16-20)13-15-29-24/h1-11,16,26-27H,12-15,17H2/t26-/m1/s1. The highest BCUT2D eigenvalue weighted by molar-refractivity contribution is 5.85. The first-order valence-corrected chi connectivity index (χ1v) is 10.5. The van der Waals surface area contributed by atoms with Gasteiger partial charge >= 0.3 is 0 Å². The van der Waals surface area contributed by atoms with E-state index in [0.717, 1.165) is 38.3 Å². The molecule has 0 radical (unpaired) electrons. The molecule has 29 heavy (non-hydrogen) atoms. The van der Waals surface area contributed by atoms with Crippen molar-refractivity contribution in [1.29, 1.82) is 0 Å². The quantitative estimate of drug-likeness (QED) is 0.526. The Labute approximate surface area is 170 Å². The molecular weight excluding hydrogens is 356 g/mol. The molecule has 3 heteroatoms. The number of nitrogens with one attached hydrogen (secondary N) is 1. The predicted molar refractivity (Wildman–Crippen MR) is 116 cm³/mol. The fraction of sp³-hybridized carbons (Fsp3) is 0.231. The Bertz CT molecular complexity index is 1180. The van der Waals surface area contributed by atoms with Gasteiger partial charge in [0.15, 0.2) is 0 Å². The van der Waals surface area contributed by atoms with Gasteiger partial charge in [0.25, 0.3) is 0 Å². The Morgan fingerprint density at radius 2 is 1.79 bits per heavy atom. The lowest BCUT2D eigenvalue weighted by Crippen LogP contribution is -2.35. The fourth-order valence-electron chi connectivity index (χ4n) is 5.03. The van der Waals surface area contributed by atoms with Crippen molar-refractivity contribution in [3.8, 4) is 5.75 Å². The van der Waals surface area contributed by atoms with E-state index < -0.39 is 0 Å². The summed E-state index contributed by atoms with van der Waals surface area (Å²) in [5.74, 6) is 1.05. The van der Waals surface area contributed by atoms with Crippen molar-refractivity contribution in [1.82, 2.24) is 9.88 Å². The van der Waals surface area contributed by atoms with Crippen LogP contribution in [0.2, 0.25) is 0 Å². The van der Waals surface area contributed by atoms with Crippen LogP contribution in [0.15, 0.2) is 72.8 Å². The Kier molecular flexibility index (Phi) is 3.95. The second kappa shape index (κ2) is 6.78. The number of hydrogen-bond acceptors (Lipinski definition) is 2. The highest BCUT2D eigenvalue weighted by Gasteiger charge is 2.32. The smallest absolute Gasteiger partial charge is 0.122 e. The summed E-state index contributed by atoms with van der Waals surface area (Å²) in [6.45, 7) is 2.81. The van der Waals surface area contributed by atoms with Crippen LogP contribution in [0.3, 0.4) is 0 Å². The van der Waals surface area contributed by atoms with Crippen molar-refractivity contribution < 1.29 is 4.74 Å². The molecule has 144 valence electrons. The number of benzene rings is 3. The molecule has 3 aromatic carbocycles. The number of hydrogen-bond donors (Lipinski definition) is 1. The molecule has 0 unspecified atom stereocenters. The largest absolute Gasteiger partial charge is 0.493 e. The number of H-pyrrole nitrogens is 1. The van der Waals surface area contributed by atoms with Gasteiger partial charge in [0, 0.05) is 36.1 Å². The maximum absolute atomic E-state index is 5.76. The summed E-state index contributed by atoms with van der Waals surface area (Å²) in [4.78, 5) is 6.39. The van der Waals surface area contributed by atoms with Gasteiger partial charge in [-0.25, -0.2) is 0 Å². The molecule has 0 aliphatic carbocycles. The van der Waals surface area contributed by atoms with Crippen molar-refractivity contribution in [3.05, 3.63) is 101 Å². The molecule has 0 spiro atoms. The first-order chi connectivity index (χ1) is 14.4. The van der Waals surface area contributed by atoms with Crippen molar-refractivity contribution in [2.75, 3.05) is 13.2 Å². The molecule has 0 saturated heterocycles. The van der Waals surface area contributed by atoms with Gasteiger partial charge in [-0.15, -0.1) is 0 Å². The summed E-state index contributed by atoms with van der Waals surface area (Å²) in [6, 6.07) is 26.6. The van der Waals surface area contributed by atoms with E-state index in [1.54, 1.807) is 0 Å². The Morgan fingerprint density at radius 1 is 0.931 bits per heavy atom. The van der Waals surface area contributed by atoms with Gasteiger partial charge in [-0.1, -0.05) is 60.7 Å². The molecule has 2 aliphatic heterocycles. The zero-order valence-electron chi connectivity index (χ0n) is 16.4. The Morgan fingerprint density at radius 3 is 2.72 bits per heavy atom. The van der Waals surface area contributed by atoms with Gasteiger partial charge in [-0.05, 0) is 40.8 Å². The van der Waals surface area contributed by atoms with Gasteiger partial charge in [0.2, 0.25) is 0 Å². The predicted octanol–water partition coefficient (Wildman–Crippen LogP) is 5.25. The van der Waals surface area contributed by atoms with Crippen LogP contribution in [-0.4, -0.2) is 23.0 Å². The summed E-state index contributed by atoms with van der Waals surface area (Å²) in [7, 11) is 0. The molecule has 2 aliphatic rings. The highest BCUT2D eigenvalue weighted by Crippen LogP contribution is 2.40. The normalized spacial score (nSPS) is 18.4. The minimum atomic E-state index is 0.234. The average Bonchev–Trinajstić information content (AvgIpc) is 3.38. The second-order valence-electron chi connectivity index (χ2n) is 8.14. The summed E-state index contributed by atoms with van der Waals surface area (Å²) in [5.41, 5.74) is 8.14. The molecule has 0 saturated carbocycles. The molecule has 0 amide bonds. The number of para-hydroxylation sites is 1. The zero-order chi connectivity index (χ0) is 19.2. The molecule has 1 atom stereocenters. The number of aromatic nitrogens is 1. The van der Waals surface area contributed by atoms with Gasteiger partial charge < -0.3 is 9.72 Å². The van der Waals surface area contributed by atoms with Crippen molar-refractivity contribution in [2.45, 2.75) is 25.4 Å². The average molecular weight is 380 g/mol. The number of nitrogens with zero attached hydrogens (tertiary/aromatic N) is 1. The van der Waals surface area contributed by atoms with Crippen molar-refractivity contribution in [2.24, 2.45) is 0 Å². The monoisotopic (exact) mass is 380 g/mol. The molecule has 3 heterocycles. The van der Waals surface area contributed by atoms with Crippen molar-refractivity contribution in [3.63, 3.8) is 0 Å². The summed E-state index contributed by atoms with van der Waals surface area (Å²) in [5, 5.41) is 1.37. The maximum atomic E-state index is 5.76. The van der Waals surface area contributed by atoms with E-state index in [4.69, 9.17) is 4.74 Å². The van der Waals surface area contributed by atoms with E-state index in [2.05, 4.69) is 82.7 Å². The van der Waals surface area contributed by atoms with Crippen LogP contribution >= 0.6 is 0 Å². The number of ether oxygens (including phenoxy) is 1.